The molecule has 1 amide bonds. The van der Waals surface area contributed by atoms with Gasteiger partial charge < -0.3 is 10.5 Å². The highest BCUT2D eigenvalue weighted by Gasteiger charge is 2.28. The van der Waals surface area contributed by atoms with Crippen molar-refractivity contribution in [2.24, 2.45) is 11.1 Å². The molecule has 0 rings (SSSR count). The van der Waals surface area contributed by atoms with Gasteiger partial charge in [-0.2, -0.15) is 0 Å². The fourth-order valence-electron chi connectivity index (χ4n) is 1.75. The number of carbonyl (C=O) groups excluding carboxylic acids is 1. The Hall–Kier alpha value is -1.92. The number of hydrogen-bond donors (Lipinski definition) is 2. The van der Waals surface area contributed by atoms with E-state index < -0.39 is 6.04 Å². The fraction of sp³-hybridized carbons (Fsp3) is 0.667. The van der Waals surface area contributed by atoms with E-state index >= 15 is 0 Å². The second kappa shape index (κ2) is 8.23. The molecule has 0 aromatic rings. The van der Waals surface area contributed by atoms with Crippen molar-refractivity contribution in [3.05, 3.63) is 21.8 Å². The molecule has 7 heteroatoms. The molecular weight excluding hydrogens is 250 g/mol. The van der Waals surface area contributed by atoms with Crippen molar-refractivity contribution in [3.63, 3.8) is 0 Å². The van der Waals surface area contributed by atoms with Gasteiger partial charge >= 0.3 is 0 Å². The van der Waals surface area contributed by atoms with Gasteiger partial charge in [0, 0.05) is 23.3 Å². The van der Waals surface area contributed by atoms with E-state index in [1.165, 1.54) is 13.0 Å². The summed E-state index contributed by atoms with van der Waals surface area (Å²) in [4.78, 5) is 21.5. The van der Waals surface area contributed by atoms with Gasteiger partial charge in [0.25, 0.3) is 0 Å². The van der Waals surface area contributed by atoms with E-state index in [2.05, 4.69) is 10.5 Å². The minimum absolute atomic E-state index is 0.0395. The van der Waals surface area contributed by atoms with Crippen molar-refractivity contribution in [1.82, 2.24) is 5.32 Å². The molecule has 7 nitrogen and oxygen atoms in total. The predicted octanol–water partition coefficient (Wildman–Crippen LogP) is 1.59. The van der Waals surface area contributed by atoms with Crippen LogP contribution < -0.4 is 5.32 Å². The summed E-state index contributed by atoms with van der Waals surface area (Å²) in [6.07, 6.45) is 1.95. The normalized spacial score (nSPS) is 14.4. The van der Waals surface area contributed by atoms with Gasteiger partial charge in [0.2, 0.25) is 11.9 Å². The third kappa shape index (κ3) is 5.98. The lowest BCUT2D eigenvalue weighted by Gasteiger charge is -2.15. The first kappa shape index (κ1) is 17.1. The first-order valence-corrected chi connectivity index (χ1v) is 6.12. The minimum Gasteiger partial charge on any atom is -0.411 e. The Morgan fingerprint density at radius 2 is 2.11 bits per heavy atom. The fourth-order valence-corrected chi connectivity index (χ4v) is 1.75. The first-order chi connectivity index (χ1) is 8.83. The highest BCUT2D eigenvalue weighted by atomic mass is 16.6. The maximum Gasteiger partial charge on any atom is 0.236 e. The smallest absolute Gasteiger partial charge is 0.236 e. The van der Waals surface area contributed by atoms with E-state index in [9.17, 15) is 14.9 Å². The number of hydrogen-bond acceptors (Lipinski definition) is 5. The Balaban J connectivity index is 5.13. The molecule has 0 aliphatic carbocycles. The lowest BCUT2D eigenvalue weighted by molar-refractivity contribution is -0.520. The lowest BCUT2D eigenvalue weighted by atomic mass is 9.93. The maximum atomic E-state index is 11.1. The Bertz CT molecular complexity index is 388. The summed E-state index contributed by atoms with van der Waals surface area (Å²) < 4.78 is 0. The highest BCUT2D eigenvalue weighted by molar-refractivity contribution is 5.98. The zero-order valence-electron chi connectivity index (χ0n) is 11.7. The Labute approximate surface area is 112 Å². The van der Waals surface area contributed by atoms with E-state index in [0.29, 0.717) is 12.0 Å². The van der Waals surface area contributed by atoms with Crippen molar-refractivity contribution in [2.75, 3.05) is 6.54 Å². The molecule has 0 fully saturated rings. The van der Waals surface area contributed by atoms with Crippen molar-refractivity contribution >= 4 is 11.6 Å². The average molecular weight is 271 g/mol. The molecule has 1 atom stereocenters. The Morgan fingerprint density at radius 1 is 1.53 bits per heavy atom. The number of carbonyl (C=O) groups is 1. The van der Waals surface area contributed by atoms with E-state index in [1.807, 2.05) is 0 Å². The van der Waals surface area contributed by atoms with Gasteiger partial charge in [0.1, 0.15) is 0 Å². The predicted molar refractivity (Wildman–Crippen MR) is 71.9 cm³/mol. The standard InChI is InChI=1S/C12H21N3O4/c1-5-10(12(8(2)3)15(18)19)6-11(14-17)7-13-9(4)16/h6,8,12,17H,5,7H2,1-4H3,(H,13,16)/b10-6+,14-11+. The molecule has 0 bridgehead atoms. The van der Waals surface area contributed by atoms with Crippen LogP contribution in [0.3, 0.4) is 0 Å². The van der Waals surface area contributed by atoms with Gasteiger partial charge in [-0.05, 0) is 12.5 Å². The van der Waals surface area contributed by atoms with Crippen LogP contribution in [0.25, 0.3) is 0 Å². The van der Waals surface area contributed by atoms with Crippen molar-refractivity contribution in [3.8, 4) is 0 Å². The molecule has 0 aromatic heterocycles. The number of nitrogens with one attached hydrogen (secondary N) is 1. The molecule has 0 aromatic carbocycles. The molecule has 2 N–H and O–H groups in total. The SMILES string of the molecule is CC/C(=C\C(CNC(C)=O)=N/O)C(C(C)C)[N+](=O)[O-]. The molecule has 0 aliphatic rings. The summed E-state index contributed by atoms with van der Waals surface area (Å²) in [6, 6.07) is -0.820. The van der Waals surface area contributed by atoms with Crippen LogP contribution in [-0.2, 0) is 4.79 Å². The van der Waals surface area contributed by atoms with Crippen LogP contribution in [0.4, 0.5) is 0 Å². The summed E-state index contributed by atoms with van der Waals surface area (Å²) in [7, 11) is 0. The quantitative estimate of drug-likeness (QED) is 0.317. The second-order valence-electron chi connectivity index (χ2n) is 4.55. The topological polar surface area (TPSA) is 105 Å². The number of amides is 1. The maximum absolute atomic E-state index is 11.1. The monoisotopic (exact) mass is 271 g/mol. The van der Waals surface area contributed by atoms with E-state index in [1.54, 1.807) is 20.8 Å². The number of nitro groups is 1. The van der Waals surface area contributed by atoms with E-state index in [4.69, 9.17) is 5.21 Å². The minimum atomic E-state index is -0.820. The molecule has 0 radical (unpaired) electrons. The molecular formula is C12H21N3O4. The summed E-state index contributed by atoms with van der Waals surface area (Å²) in [5.74, 6) is -0.427. The van der Waals surface area contributed by atoms with E-state index in [0.717, 1.165) is 0 Å². The van der Waals surface area contributed by atoms with Crippen molar-refractivity contribution < 1.29 is 14.9 Å². The van der Waals surface area contributed by atoms with Gasteiger partial charge in [-0.15, -0.1) is 0 Å². The summed E-state index contributed by atoms with van der Waals surface area (Å²) in [5.41, 5.74) is 0.762. The second-order valence-corrected chi connectivity index (χ2v) is 4.55. The molecule has 0 saturated heterocycles. The summed E-state index contributed by atoms with van der Waals surface area (Å²) >= 11 is 0. The molecule has 108 valence electrons. The van der Waals surface area contributed by atoms with Gasteiger partial charge in [0.15, 0.2) is 0 Å². The molecule has 19 heavy (non-hydrogen) atoms. The van der Waals surface area contributed by atoms with Crippen LogP contribution in [0.1, 0.15) is 34.1 Å². The molecule has 0 spiro atoms. The summed E-state index contributed by atoms with van der Waals surface area (Å²) in [5, 5.41) is 25.5. The highest BCUT2D eigenvalue weighted by Crippen LogP contribution is 2.18. The molecule has 0 heterocycles. The summed E-state index contributed by atoms with van der Waals surface area (Å²) in [6.45, 7) is 6.71. The van der Waals surface area contributed by atoms with Crippen molar-refractivity contribution in [1.29, 1.82) is 0 Å². The largest absolute Gasteiger partial charge is 0.411 e. The zero-order valence-corrected chi connectivity index (χ0v) is 11.7. The van der Waals surface area contributed by atoms with Crippen molar-refractivity contribution in [2.45, 2.75) is 40.2 Å². The third-order valence-corrected chi connectivity index (χ3v) is 2.65. The van der Waals surface area contributed by atoms with Crippen LogP contribution in [0.15, 0.2) is 16.8 Å². The van der Waals surface area contributed by atoms with Crippen LogP contribution >= 0.6 is 0 Å². The zero-order chi connectivity index (χ0) is 15.0. The van der Waals surface area contributed by atoms with E-state index in [-0.39, 0.29) is 29.0 Å². The first-order valence-electron chi connectivity index (χ1n) is 6.12. The van der Waals surface area contributed by atoms with Crippen LogP contribution in [0.2, 0.25) is 0 Å². The molecule has 0 aliphatic heterocycles. The number of rotatable bonds is 7. The average Bonchev–Trinajstić information content (AvgIpc) is 2.31. The van der Waals surface area contributed by atoms with Gasteiger partial charge in [-0.25, -0.2) is 0 Å². The van der Waals surface area contributed by atoms with Crippen LogP contribution in [0.5, 0.6) is 0 Å². The Morgan fingerprint density at radius 3 is 2.42 bits per heavy atom. The van der Waals surface area contributed by atoms with Crippen LogP contribution in [-0.4, -0.2) is 34.3 Å². The number of nitrogens with zero attached hydrogens (tertiary/aromatic N) is 2. The number of oxime groups is 1. The molecule has 1 unspecified atom stereocenters. The third-order valence-electron chi connectivity index (χ3n) is 2.65. The van der Waals surface area contributed by atoms with Crippen LogP contribution in [0, 0.1) is 16.0 Å². The van der Waals surface area contributed by atoms with Gasteiger partial charge in [-0.1, -0.05) is 25.9 Å². The lowest BCUT2D eigenvalue weighted by Crippen LogP contribution is -2.30. The van der Waals surface area contributed by atoms with Gasteiger partial charge in [0.05, 0.1) is 12.3 Å². The molecule has 0 saturated carbocycles. The Kier molecular flexibility index (Phi) is 7.40. The van der Waals surface area contributed by atoms with Gasteiger partial charge in [-0.3, -0.25) is 14.9 Å².